The summed E-state index contributed by atoms with van der Waals surface area (Å²) >= 11 is 0. The van der Waals surface area contributed by atoms with Gasteiger partial charge in [-0.05, 0) is 43.3 Å². The number of ketones is 1. The van der Waals surface area contributed by atoms with Crippen molar-refractivity contribution in [3.63, 3.8) is 0 Å². The van der Waals surface area contributed by atoms with E-state index in [9.17, 15) is 19.2 Å². The van der Waals surface area contributed by atoms with Gasteiger partial charge in [-0.25, -0.2) is 0 Å². The van der Waals surface area contributed by atoms with Crippen LogP contribution in [0.15, 0.2) is 47.1 Å². The lowest BCUT2D eigenvalue weighted by molar-refractivity contribution is -0.135. The van der Waals surface area contributed by atoms with Crippen LogP contribution < -0.4 is 5.32 Å². The fourth-order valence-electron chi connectivity index (χ4n) is 2.96. The second-order valence-corrected chi connectivity index (χ2v) is 6.51. The summed E-state index contributed by atoms with van der Waals surface area (Å²) in [5.74, 6) is -0.700. The Balaban J connectivity index is 1.46. The van der Waals surface area contributed by atoms with E-state index in [4.69, 9.17) is 4.42 Å². The van der Waals surface area contributed by atoms with Gasteiger partial charge in [-0.3, -0.25) is 19.2 Å². The lowest BCUT2D eigenvalue weighted by Gasteiger charge is -2.34. The minimum atomic E-state index is -0.422. The normalized spacial score (nSPS) is 13.9. The van der Waals surface area contributed by atoms with Crippen LogP contribution in [0.5, 0.6) is 0 Å². The third-order valence-corrected chi connectivity index (χ3v) is 4.54. The summed E-state index contributed by atoms with van der Waals surface area (Å²) < 4.78 is 5.11. The van der Waals surface area contributed by atoms with E-state index in [-0.39, 0.29) is 29.8 Å². The molecule has 28 heavy (non-hydrogen) atoms. The number of rotatable bonds is 5. The SMILES string of the molecule is CC(=O)c1ccc(NC(=O)CC(=O)N2CCN(C(=O)c3ccco3)CC2)cc1. The van der Waals surface area contributed by atoms with Crippen LogP contribution in [0.25, 0.3) is 0 Å². The van der Waals surface area contributed by atoms with Gasteiger partial charge in [0.15, 0.2) is 11.5 Å². The molecular formula is C20H21N3O5. The fraction of sp³-hybridized carbons (Fsp3) is 0.300. The molecule has 1 aliphatic heterocycles. The van der Waals surface area contributed by atoms with Crippen LogP contribution in [0.1, 0.15) is 34.3 Å². The molecule has 0 aliphatic carbocycles. The number of carbonyl (C=O) groups is 4. The van der Waals surface area contributed by atoms with Gasteiger partial charge in [0.05, 0.1) is 6.26 Å². The molecule has 0 atom stereocenters. The molecule has 8 nitrogen and oxygen atoms in total. The van der Waals surface area contributed by atoms with E-state index in [2.05, 4.69) is 5.32 Å². The highest BCUT2D eigenvalue weighted by atomic mass is 16.3. The fourth-order valence-corrected chi connectivity index (χ4v) is 2.96. The number of hydrogen-bond acceptors (Lipinski definition) is 5. The first kappa shape index (κ1) is 19.3. The Morgan fingerprint density at radius 3 is 2.18 bits per heavy atom. The number of amides is 3. The van der Waals surface area contributed by atoms with Gasteiger partial charge in [-0.1, -0.05) is 0 Å². The highest BCUT2D eigenvalue weighted by molar-refractivity contribution is 6.04. The average Bonchev–Trinajstić information content (AvgIpc) is 3.22. The van der Waals surface area contributed by atoms with Gasteiger partial charge in [0, 0.05) is 37.4 Å². The number of nitrogens with one attached hydrogen (secondary N) is 1. The number of carbonyl (C=O) groups excluding carboxylic acids is 4. The number of hydrogen-bond donors (Lipinski definition) is 1. The molecular weight excluding hydrogens is 362 g/mol. The summed E-state index contributed by atoms with van der Waals surface area (Å²) in [4.78, 5) is 51.1. The Kier molecular flexibility index (Phi) is 5.88. The minimum absolute atomic E-state index is 0.0577. The van der Waals surface area contributed by atoms with Crippen LogP contribution in [-0.2, 0) is 9.59 Å². The van der Waals surface area contributed by atoms with Crippen LogP contribution in [0.2, 0.25) is 0 Å². The third kappa shape index (κ3) is 4.64. The van der Waals surface area contributed by atoms with E-state index >= 15 is 0 Å². The minimum Gasteiger partial charge on any atom is -0.459 e. The molecule has 0 spiro atoms. The highest BCUT2D eigenvalue weighted by Crippen LogP contribution is 2.12. The molecule has 8 heteroatoms. The molecule has 3 rings (SSSR count). The first-order valence-corrected chi connectivity index (χ1v) is 8.95. The molecule has 1 N–H and O–H groups in total. The zero-order valence-electron chi connectivity index (χ0n) is 15.5. The van der Waals surface area contributed by atoms with E-state index in [1.807, 2.05) is 0 Å². The molecule has 1 saturated heterocycles. The quantitative estimate of drug-likeness (QED) is 0.627. The second-order valence-electron chi connectivity index (χ2n) is 6.51. The van der Waals surface area contributed by atoms with Crippen molar-refractivity contribution in [1.29, 1.82) is 0 Å². The van der Waals surface area contributed by atoms with E-state index < -0.39 is 5.91 Å². The molecule has 0 saturated carbocycles. The average molecular weight is 383 g/mol. The van der Waals surface area contributed by atoms with E-state index in [1.165, 1.54) is 13.2 Å². The topological polar surface area (TPSA) is 99.9 Å². The number of Topliss-reactive ketones (excluding diaryl/α,β-unsaturated/α-hetero) is 1. The molecule has 0 unspecified atom stereocenters. The number of benzene rings is 1. The summed E-state index contributed by atoms with van der Waals surface area (Å²) in [6.07, 6.45) is 1.17. The molecule has 0 bridgehead atoms. The van der Waals surface area contributed by atoms with Gasteiger partial charge in [-0.15, -0.1) is 0 Å². The summed E-state index contributed by atoms with van der Waals surface area (Å²) in [7, 11) is 0. The lowest BCUT2D eigenvalue weighted by atomic mass is 10.1. The van der Waals surface area contributed by atoms with E-state index in [0.29, 0.717) is 37.4 Å². The third-order valence-electron chi connectivity index (χ3n) is 4.54. The Labute approximate surface area is 162 Å². The monoisotopic (exact) mass is 383 g/mol. The van der Waals surface area contributed by atoms with Crippen LogP contribution in [0.3, 0.4) is 0 Å². The van der Waals surface area contributed by atoms with Crippen molar-refractivity contribution in [2.75, 3.05) is 31.5 Å². The van der Waals surface area contributed by atoms with Gasteiger partial charge in [-0.2, -0.15) is 0 Å². The molecule has 2 aromatic rings. The van der Waals surface area contributed by atoms with Crippen molar-refractivity contribution >= 4 is 29.2 Å². The first-order valence-electron chi connectivity index (χ1n) is 8.95. The maximum Gasteiger partial charge on any atom is 0.289 e. The van der Waals surface area contributed by atoms with Crippen molar-refractivity contribution in [3.05, 3.63) is 54.0 Å². The maximum atomic E-state index is 12.3. The summed E-state index contributed by atoms with van der Waals surface area (Å²) in [6.45, 7) is 2.98. The molecule has 2 heterocycles. The summed E-state index contributed by atoms with van der Waals surface area (Å²) in [6, 6.07) is 9.74. The zero-order chi connectivity index (χ0) is 20.1. The smallest absolute Gasteiger partial charge is 0.289 e. The van der Waals surface area contributed by atoms with Crippen molar-refractivity contribution in [1.82, 2.24) is 9.80 Å². The van der Waals surface area contributed by atoms with Crippen LogP contribution in [0, 0.1) is 0 Å². The first-order chi connectivity index (χ1) is 13.4. The van der Waals surface area contributed by atoms with Gasteiger partial charge in [0.2, 0.25) is 11.8 Å². The molecule has 3 amide bonds. The summed E-state index contributed by atoms with van der Waals surface area (Å²) in [5, 5.41) is 2.65. The lowest BCUT2D eigenvalue weighted by Crippen LogP contribution is -2.51. The number of piperazine rings is 1. The van der Waals surface area contributed by atoms with Gasteiger partial charge in [0.1, 0.15) is 6.42 Å². The molecule has 1 aromatic carbocycles. The molecule has 1 aromatic heterocycles. The molecule has 0 radical (unpaired) electrons. The van der Waals surface area contributed by atoms with Crippen LogP contribution in [-0.4, -0.2) is 59.5 Å². The Hall–Kier alpha value is -3.42. The highest BCUT2D eigenvalue weighted by Gasteiger charge is 2.26. The van der Waals surface area contributed by atoms with Gasteiger partial charge < -0.3 is 19.5 Å². The Morgan fingerprint density at radius 1 is 0.964 bits per heavy atom. The van der Waals surface area contributed by atoms with E-state index in [0.717, 1.165) is 0 Å². The van der Waals surface area contributed by atoms with Crippen molar-refractivity contribution in [3.8, 4) is 0 Å². The zero-order valence-corrected chi connectivity index (χ0v) is 15.5. The number of furan rings is 1. The number of anilines is 1. The maximum absolute atomic E-state index is 12.3. The Bertz CT molecular complexity index is 866. The van der Waals surface area contributed by atoms with Crippen LogP contribution >= 0.6 is 0 Å². The molecule has 1 aliphatic rings. The van der Waals surface area contributed by atoms with E-state index in [1.54, 1.807) is 46.2 Å². The predicted octanol–water partition coefficient (Wildman–Crippen LogP) is 1.80. The summed E-state index contributed by atoms with van der Waals surface area (Å²) in [5.41, 5.74) is 1.08. The van der Waals surface area contributed by atoms with Gasteiger partial charge in [0.25, 0.3) is 5.91 Å². The number of nitrogens with zero attached hydrogens (tertiary/aromatic N) is 2. The standard InChI is InChI=1S/C20H21N3O5/c1-14(24)15-4-6-16(7-5-15)21-18(25)13-19(26)22-8-10-23(11-9-22)20(27)17-3-2-12-28-17/h2-7,12H,8-11,13H2,1H3,(H,21,25). The largest absolute Gasteiger partial charge is 0.459 e. The molecule has 146 valence electrons. The van der Waals surface area contributed by atoms with Crippen molar-refractivity contribution in [2.24, 2.45) is 0 Å². The van der Waals surface area contributed by atoms with Crippen LogP contribution in [0.4, 0.5) is 5.69 Å². The predicted molar refractivity (Wildman–Crippen MR) is 101 cm³/mol. The van der Waals surface area contributed by atoms with Crippen molar-refractivity contribution < 1.29 is 23.6 Å². The molecule has 1 fully saturated rings. The van der Waals surface area contributed by atoms with Gasteiger partial charge >= 0.3 is 0 Å². The van der Waals surface area contributed by atoms with Crippen molar-refractivity contribution in [2.45, 2.75) is 13.3 Å². The Morgan fingerprint density at radius 2 is 1.61 bits per heavy atom. The second kappa shape index (κ2) is 8.51.